The first-order valence-electron chi connectivity index (χ1n) is 7.65. The number of hydrogen-bond acceptors (Lipinski definition) is 4. The van der Waals surface area contributed by atoms with Crippen LogP contribution in [0.4, 0.5) is 11.8 Å². The van der Waals surface area contributed by atoms with Crippen LogP contribution in [-0.4, -0.2) is 22.6 Å². The van der Waals surface area contributed by atoms with Gasteiger partial charge in [-0.15, -0.1) is 0 Å². The average Bonchev–Trinajstić information content (AvgIpc) is 2.81. The van der Waals surface area contributed by atoms with Crippen molar-refractivity contribution in [3.63, 3.8) is 0 Å². The van der Waals surface area contributed by atoms with E-state index in [0.717, 1.165) is 23.3 Å². The summed E-state index contributed by atoms with van der Waals surface area (Å²) in [6.45, 7) is 12.1. The van der Waals surface area contributed by atoms with E-state index in [1.807, 2.05) is 18.2 Å². The summed E-state index contributed by atoms with van der Waals surface area (Å²) >= 11 is 0. The van der Waals surface area contributed by atoms with Crippen LogP contribution in [0.3, 0.4) is 0 Å². The molecule has 1 saturated carbocycles. The van der Waals surface area contributed by atoms with Crippen molar-refractivity contribution in [3.8, 4) is 0 Å². The molecule has 0 spiro atoms. The van der Waals surface area contributed by atoms with Crippen LogP contribution in [0.2, 0.25) is 0 Å². The molecule has 112 valence electrons. The molecule has 2 N–H and O–H groups in total. The van der Waals surface area contributed by atoms with E-state index in [2.05, 4.69) is 61.3 Å². The maximum atomic E-state index is 4.67. The van der Waals surface area contributed by atoms with Gasteiger partial charge >= 0.3 is 0 Å². The highest BCUT2D eigenvalue weighted by Crippen LogP contribution is 2.63. The SMILES string of the molecule is CCNc1nc(NC2C(C)(C)C2(C)C)c2ccccc2n1. The molecular weight excluding hydrogens is 260 g/mol. The van der Waals surface area contributed by atoms with Crippen LogP contribution in [0.5, 0.6) is 0 Å². The summed E-state index contributed by atoms with van der Waals surface area (Å²) in [5.74, 6) is 1.62. The van der Waals surface area contributed by atoms with Crippen LogP contribution in [-0.2, 0) is 0 Å². The fourth-order valence-corrected chi connectivity index (χ4v) is 3.12. The third kappa shape index (κ3) is 2.13. The maximum absolute atomic E-state index is 4.67. The third-order valence-electron chi connectivity index (χ3n) is 5.24. The Balaban J connectivity index is 2.01. The van der Waals surface area contributed by atoms with Crippen LogP contribution in [0.15, 0.2) is 24.3 Å². The van der Waals surface area contributed by atoms with Gasteiger partial charge in [0, 0.05) is 18.0 Å². The minimum atomic E-state index is 0.275. The summed E-state index contributed by atoms with van der Waals surface area (Å²) in [5, 5.41) is 7.94. The minimum Gasteiger partial charge on any atom is -0.366 e. The van der Waals surface area contributed by atoms with E-state index >= 15 is 0 Å². The van der Waals surface area contributed by atoms with Crippen LogP contribution in [0, 0.1) is 10.8 Å². The molecule has 4 heteroatoms. The molecule has 4 nitrogen and oxygen atoms in total. The number of hydrogen-bond donors (Lipinski definition) is 2. The largest absolute Gasteiger partial charge is 0.366 e. The van der Waals surface area contributed by atoms with Crippen molar-refractivity contribution >= 4 is 22.7 Å². The van der Waals surface area contributed by atoms with Crippen LogP contribution >= 0.6 is 0 Å². The van der Waals surface area contributed by atoms with Gasteiger partial charge in [0.1, 0.15) is 5.82 Å². The van der Waals surface area contributed by atoms with Crippen molar-refractivity contribution in [2.24, 2.45) is 10.8 Å². The zero-order valence-corrected chi connectivity index (χ0v) is 13.5. The first-order valence-corrected chi connectivity index (χ1v) is 7.65. The third-order valence-corrected chi connectivity index (χ3v) is 5.24. The van der Waals surface area contributed by atoms with Crippen LogP contribution < -0.4 is 10.6 Å². The van der Waals surface area contributed by atoms with Crippen molar-refractivity contribution in [1.29, 1.82) is 0 Å². The Morgan fingerprint density at radius 1 is 1.05 bits per heavy atom. The van der Waals surface area contributed by atoms with Gasteiger partial charge in [0.05, 0.1) is 5.52 Å². The average molecular weight is 284 g/mol. The Kier molecular flexibility index (Phi) is 3.08. The number of anilines is 2. The zero-order chi connectivity index (χ0) is 15.3. The van der Waals surface area contributed by atoms with Gasteiger partial charge in [-0.25, -0.2) is 4.98 Å². The molecule has 0 aliphatic heterocycles. The van der Waals surface area contributed by atoms with Gasteiger partial charge < -0.3 is 10.6 Å². The molecule has 0 bridgehead atoms. The molecule has 1 aliphatic rings. The van der Waals surface area contributed by atoms with E-state index in [9.17, 15) is 0 Å². The van der Waals surface area contributed by atoms with E-state index in [1.54, 1.807) is 0 Å². The highest BCUT2D eigenvalue weighted by Gasteiger charge is 2.65. The minimum absolute atomic E-state index is 0.275. The normalized spacial score (nSPS) is 19.5. The Hall–Kier alpha value is -1.84. The number of para-hydroxylation sites is 1. The summed E-state index contributed by atoms with van der Waals surface area (Å²) in [5.41, 5.74) is 1.52. The first kappa shape index (κ1) is 14.1. The van der Waals surface area contributed by atoms with E-state index in [0.29, 0.717) is 12.0 Å². The van der Waals surface area contributed by atoms with Gasteiger partial charge in [0.25, 0.3) is 0 Å². The van der Waals surface area contributed by atoms with Crippen molar-refractivity contribution in [2.75, 3.05) is 17.2 Å². The van der Waals surface area contributed by atoms with E-state index in [4.69, 9.17) is 0 Å². The molecule has 1 heterocycles. The van der Waals surface area contributed by atoms with Gasteiger partial charge in [-0.3, -0.25) is 0 Å². The van der Waals surface area contributed by atoms with Crippen LogP contribution in [0.25, 0.3) is 10.9 Å². The molecule has 1 aromatic carbocycles. The van der Waals surface area contributed by atoms with Crippen molar-refractivity contribution in [2.45, 2.75) is 40.7 Å². The predicted octanol–water partition coefficient (Wildman–Crippen LogP) is 3.91. The predicted molar refractivity (Wildman–Crippen MR) is 88.7 cm³/mol. The fraction of sp³-hybridized carbons (Fsp3) is 0.529. The van der Waals surface area contributed by atoms with Crippen LogP contribution in [0.1, 0.15) is 34.6 Å². The number of nitrogens with zero attached hydrogens (tertiary/aromatic N) is 2. The molecule has 3 rings (SSSR count). The molecule has 0 unspecified atom stereocenters. The quantitative estimate of drug-likeness (QED) is 0.893. The number of rotatable bonds is 4. The van der Waals surface area contributed by atoms with Gasteiger partial charge in [-0.2, -0.15) is 4.98 Å². The highest BCUT2D eigenvalue weighted by atomic mass is 15.2. The second kappa shape index (κ2) is 4.58. The van der Waals surface area contributed by atoms with Crippen molar-refractivity contribution in [1.82, 2.24) is 9.97 Å². The first-order chi connectivity index (χ1) is 9.88. The summed E-state index contributed by atoms with van der Waals surface area (Å²) in [7, 11) is 0. The maximum Gasteiger partial charge on any atom is 0.225 e. The number of nitrogens with one attached hydrogen (secondary N) is 2. The van der Waals surface area contributed by atoms with E-state index in [-0.39, 0.29) is 10.8 Å². The molecule has 1 aromatic heterocycles. The lowest BCUT2D eigenvalue weighted by Gasteiger charge is -2.12. The van der Waals surface area contributed by atoms with Gasteiger partial charge in [0.15, 0.2) is 0 Å². The second-order valence-corrected chi connectivity index (χ2v) is 6.96. The summed E-state index contributed by atoms with van der Waals surface area (Å²) in [6, 6.07) is 8.59. The fourth-order valence-electron chi connectivity index (χ4n) is 3.12. The Morgan fingerprint density at radius 3 is 2.33 bits per heavy atom. The lowest BCUT2D eigenvalue weighted by atomic mass is 10.0. The van der Waals surface area contributed by atoms with E-state index in [1.165, 1.54) is 0 Å². The highest BCUT2D eigenvalue weighted by molar-refractivity contribution is 5.90. The second-order valence-electron chi connectivity index (χ2n) is 6.96. The summed E-state index contributed by atoms with van der Waals surface area (Å²) < 4.78 is 0. The number of fused-ring (bicyclic) bond motifs is 1. The molecule has 0 radical (unpaired) electrons. The molecule has 1 aliphatic carbocycles. The molecule has 0 saturated heterocycles. The molecular formula is C17H24N4. The number of benzene rings is 1. The molecule has 1 fully saturated rings. The monoisotopic (exact) mass is 284 g/mol. The Labute approximate surface area is 126 Å². The summed E-state index contributed by atoms with van der Waals surface area (Å²) in [4.78, 5) is 9.23. The molecule has 2 aromatic rings. The molecule has 0 amide bonds. The van der Waals surface area contributed by atoms with Crippen molar-refractivity contribution in [3.05, 3.63) is 24.3 Å². The summed E-state index contributed by atoms with van der Waals surface area (Å²) in [6.07, 6.45) is 0. The van der Waals surface area contributed by atoms with Gasteiger partial charge in [-0.1, -0.05) is 39.8 Å². The number of aromatic nitrogens is 2. The van der Waals surface area contributed by atoms with Gasteiger partial charge in [-0.05, 0) is 29.9 Å². The smallest absolute Gasteiger partial charge is 0.225 e. The van der Waals surface area contributed by atoms with Gasteiger partial charge in [0.2, 0.25) is 5.95 Å². The lowest BCUT2D eigenvalue weighted by Crippen LogP contribution is -2.13. The molecule has 0 atom stereocenters. The Morgan fingerprint density at radius 2 is 1.71 bits per heavy atom. The standard InChI is InChI=1S/C17H24N4/c1-6-18-15-19-12-10-8-7-9-11(12)13(21-15)20-14-16(2,3)17(14,4)5/h7-10,14H,6H2,1-5H3,(H2,18,19,20,21). The molecule has 21 heavy (non-hydrogen) atoms. The van der Waals surface area contributed by atoms with Crippen molar-refractivity contribution < 1.29 is 0 Å². The zero-order valence-electron chi connectivity index (χ0n) is 13.5. The van der Waals surface area contributed by atoms with E-state index < -0.39 is 0 Å². The Bertz CT molecular complexity index is 662. The lowest BCUT2D eigenvalue weighted by molar-refractivity contribution is 0.457. The topological polar surface area (TPSA) is 49.8 Å².